The molecule has 1 heterocycles. The summed E-state index contributed by atoms with van der Waals surface area (Å²) in [6.07, 6.45) is -1.99. The van der Waals surface area contributed by atoms with Crippen LogP contribution in [0.4, 0.5) is 13.2 Å². The summed E-state index contributed by atoms with van der Waals surface area (Å²) in [5.74, 6) is 0. The van der Waals surface area contributed by atoms with E-state index in [1.54, 1.807) is 18.1 Å². The van der Waals surface area contributed by atoms with Gasteiger partial charge in [-0.15, -0.1) is 13.2 Å². The quantitative estimate of drug-likeness (QED) is 0.672. The number of hydroxylamine groups is 2. The first-order valence-electron chi connectivity index (χ1n) is 3.61. The van der Waals surface area contributed by atoms with Gasteiger partial charge in [0.15, 0.2) is 0 Å². The Labute approximate surface area is 78.4 Å². The van der Waals surface area contributed by atoms with Crippen LogP contribution in [-0.4, -0.2) is 42.4 Å². The van der Waals surface area contributed by atoms with Gasteiger partial charge in [-0.2, -0.15) is 0 Å². The lowest BCUT2D eigenvalue weighted by Gasteiger charge is -2.19. The Morgan fingerprint density at radius 3 is 2.50 bits per heavy atom. The van der Waals surface area contributed by atoms with Gasteiger partial charge in [0.2, 0.25) is 0 Å². The van der Waals surface area contributed by atoms with Crippen LogP contribution < -0.4 is 0 Å². The van der Waals surface area contributed by atoms with Crippen molar-refractivity contribution in [1.82, 2.24) is 9.96 Å². The highest BCUT2D eigenvalue weighted by Crippen LogP contribution is 2.17. The lowest BCUT2D eigenvalue weighted by Crippen LogP contribution is -2.37. The van der Waals surface area contributed by atoms with Crippen molar-refractivity contribution >= 4 is 7.32 Å². The summed E-state index contributed by atoms with van der Waals surface area (Å²) in [6, 6.07) is 0. The topological polar surface area (TPSA) is 45.2 Å². The van der Waals surface area contributed by atoms with Crippen LogP contribution in [0.5, 0.6) is 0 Å². The van der Waals surface area contributed by atoms with E-state index in [-0.39, 0.29) is 6.67 Å². The Hall–Kier alpha value is -0.925. The molecular weight excluding hydrogens is 204 g/mol. The zero-order chi connectivity index (χ0) is 10.8. The molecule has 0 spiro atoms. The maximum Gasteiger partial charge on any atom is 0.666 e. The van der Waals surface area contributed by atoms with Gasteiger partial charge in [0.05, 0.1) is 0 Å². The van der Waals surface area contributed by atoms with Crippen LogP contribution in [0.3, 0.4) is 0 Å². The minimum atomic E-state index is -4.92. The molecule has 0 aliphatic carbocycles. The smallest absolute Gasteiger partial charge is 0.400 e. The molecule has 14 heavy (non-hydrogen) atoms. The monoisotopic (exact) mass is 212 g/mol. The van der Waals surface area contributed by atoms with Crippen molar-refractivity contribution in [3.05, 3.63) is 12.4 Å². The lowest BCUT2D eigenvalue weighted by atomic mass is 10.3. The molecule has 0 aromatic heterocycles. The number of halogens is 3. The molecule has 9 heteroatoms. The van der Waals surface area contributed by atoms with E-state index in [2.05, 4.69) is 9.41 Å². The summed E-state index contributed by atoms with van der Waals surface area (Å²) in [7, 11) is -0.664. The van der Waals surface area contributed by atoms with Crippen LogP contribution >= 0.6 is 0 Å². The molecule has 1 aliphatic rings. The number of hydrogen-bond donors (Lipinski definition) is 1. The van der Waals surface area contributed by atoms with E-state index in [0.717, 1.165) is 5.06 Å². The van der Waals surface area contributed by atoms with E-state index in [1.807, 2.05) is 0 Å². The Morgan fingerprint density at radius 1 is 1.43 bits per heavy atom. The summed E-state index contributed by atoms with van der Waals surface area (Å²) in [4.78, 5) is 1.64. The van der Waals surface area contributed by atoms with Gasteiger partial charge in [-0.05, 0) is 0 Å². The zero-order valence-corrected chi connectivity index (χ0v) is 7.23. The average molecular weight is 212 g/mol. The molecule has 1 aliphatic heterocycles. The maximum absolute atomic E-state index is 11.5. The average Bonchev–Trinajstić information content (AvgIpc) is 2.30. The molecule has 0 fully saturated rings. The summed E-state index contributed by atoms with van der Waals surface area (Å²) in [6.45, 7) is 0.221. The van der Waals surface area contributed by atoms with Gasteiger partial charge < -0.3 is 9.92 Å². The number of hydrogen-bond acceptors (Lipinski definition) is 5. The summed E-state index contributed by atoms with van der Waals surface area (Å²) in [5.41, 5.74) is 0. The van der Waals surface area contributed by atoms with Gasteiger partial charge in [0, 0.05) is 19.4 Å². The van der Waals surface area contributed by atoms with E-state index >= 15 is 0 Å². The molecule has 5 nitrogen and oxygen atoms in total. The minimum absolute atomic E-state index is 0.221. The largest absolute Gasteiger partial charge is 0.666 e. The molecule has 0 saturated carbocycles. The lowest BCUT2D eigenvalue weighted by molar-refractivity contribution is -0.296. The second-order valence-electron chi connectivity index (χ2n) is 2.59. The van der Waals surface area contributed by atoms with Crippen molar-refractivity contribution < 1.29 is 27.6 Å². The first-order valence-corrected chi connectivity index (χ1v) is 3.61. The van der Waals surface area contributed by atoms with Crippen molar-refractivity contribution in [2.45, 2.75) is 6.36 Å². The fourth-order valence-corrected chi connectivity index (χ4v) is 0.822. The van der Waals surface area contributed by atoms with Gasteiger partial charge >= 0.3 is 13.7 Å². The van der Waals surface area contributed by atoms with Gasteiger partial charge in [-0.25, -0.2) is 0 Å². The van der Waals surface area contributed by atoms with Gasteiger partial charge in [0.1, 0.15) is 6.67 Å². The van der Waals surface area contributed by atoms with Crippen LogP contribution in [0, 0.1) is 0 Å². The van der Waals surface area contributed by atoms with Gasteiger partial charge in [-0.3, -0.25) is 14.5 Å². The predicted octanol–water partition coefficient (Wildman–Crippen LogP) is 0.108. The van der Waals surface area contributed by atoms with E-state index in [0.29, 0.717) is 0 Å². The molecule has 0 bridgehead atoms. The van der Waals surface area contributed by atoms with Gasteiger partial charge in [0.25, 0.3) is 0 Å². The van der Waals surface area contributed by atoms with Crippen LogP contribution in [0.15, 0.2) is 12.4 Å². The summed E-state index contributed by atoms with van der Waals surface area (Å²) < 4.78 is 42.2. The second kappa shape index (κ2) is 4.07. The second-order valence-corrected chi connectivity index (χ2v) is 2.59. The van der Waals surface area contributed by atoms with E-state index in [9.17, 15) is 13.2 Å². The molecule has 0 saturated heterocycles. The third-order valence-electron chi connectivity index (χ3n) is 1.31. The first-order chi connectivity index (χ1) is 6.37. The number of rotatable bonds is 3. The fourth-order valence-electron chi connectivity index (χ4n) is 0.822. The van der Waals surface area contributed by atoms with Crippen molar-refractivity contribution in [1.29, 1.82) is 0 Å². The van der Waals surface area contributed by atoms with Crippen molar-refractivity contribution in [2.75, 3.05) is 13.7 Å². The Kier molecular flexibility index (Phi) is 3.24. The third-order valence-corrected chi connectivity index (χ3v) is 1.31. The highest BCUT2D eigenvalue weighted by Gasteiger charge is 2.38. The number of nitrogens with zero attached hydrogens (tertiary/aromatic N) is 2. The normalized spacial score (nSPS) is 16.6. The molecule has 1 N–H and O–H groups in total. The standard InChI is InChI=1S/C5H8BF3N2O3/c1-10-2-3-11(4-10)14-6(12)13-5(7,8)9/h2-3,12H,4H2,1H3. The number of alkyl halides is 3. The molecule has 1 rings (SSSR count). The molecule has 0 unspecified atom stereocenters. The summed E-state index contributed by atoms with van der Waals surface area (Å²) >= 11 is 0. The van der Waals surface area contributed by atoms with Gasteiger partial charge in [-0.1, -0.05) is 0 Å². The highest BCUT2D eigenvalue weighted by atomic mass is 19.4. The zero-order valence-electron chi connectivity index (χ0n) is 7.23. The van der Waals surface area contributed by atoms with Crippen molar-refractivity contribution in [2.24, 2.45) is 0 Å². The van der Waals surface area contributed by atoms with Crippen LogP contribution in [0.2, 0.25) is 0 Å². The van der Waals surface area contributed by atoms with E-state index in [1.165, 1.54) is 6.20 Å². The van der Waals surface area contributed by atoms with Crippen LogP contribution in [0.25, 0.3) is 0 Å². The van der Waals surface area contributed by atoms with E-state index < -0.39 is 13.7 Å². The molecule has 0 aromatic carbocycles. The Balaban J connectivity index is 2.28. The minimum Gasteiger partial charge on any atom is -0.400 e. The molecule has 0 radical (unpaired) electrons. The van der Waals surface area contributed by atoms with Crippen LogP contribution in [-0.2, 0) is 9.41 Å². The van der Waals surface area contributed by atoms with Crippen molar-refractivity contribution in [3.63, 3.8) is 0 Å². The Bertz CT molecular complexity index is 225. The molecule has 0 aromatic rings. The molecule has 80 valence electrons. The molecule has 0 atom stereocenters. The maximum atomic E-state index is 11.5. The highest BCUT2D eigenvalue weighted by molar-refractivity contribution is 6.34. The predicted molar refractivity (Wildman–Crippen MR) is 39.8 cm³/mol. The molecule has 0 amide bonds. The SMILES string of the molecule is CN1C=CN(OB(O)OC(F)(F)F)C1. The van der Waals surface area contributed by atoms with Crippen LogP contribution in [0.1, 0.15) is 0 Å². The molecular formula is C5H8BF3N2O3. The summed E-state index contributed by atoms with van der Waals surface area (Å²) in [5, 5.41) is 9.68. The first kappa shape index (κ1) is 11.2. The van der Waals surface area contributed by atoms with Crippen molar-refractivity contribution in [3.8, 4) is 0 Å². The Morgan fingerprint density at radius 2 is 2.07 bits per heavy atom. The van der Waals surface area contributed by atoms with E-state index in [4.69, 9.17) is 5.02 Å². The fraction of sp³-hybridized carbons (Fsp3) is 0.600. The third kappa shape index (κ3) is 3.86.